The van der Waals surface area contributed by atoms with Crippen molar-refractivity contribution < 1.29 is 0 Å². The van der Waals surface area contributed by atoms with E-state index in [1.165, 1.54) is 16.7 Å². The zero-order valence-electron chi connectivity index (χ0n) is 10.9. The van der Waals surface area contributed by atoms with Gasteiger partial charge in [-0.15, -0.1) is 5.73 Å². The third-order valence-electron chi connectivity index (χ3n) is 4.27. The molecule has 2 rings (SSSR count). The fourth-order valence-corrected chi connectivity index (χ4v) is 2.29. The summed E-state index contributed by atoms with van der Waals surface area (Å²) in [5.41, 5.74) is 8.16. The maximum absolute atomic E-state index is 3.58. The third-order valence-corrected chi connectivity index (χ3v) is 4.27. The second-order valence-electron chi connectivity index (χ2n) is 5.74. The minimum Gasteiger partial charge on any atom is -0.117 e. The fourth-order valence-electron chi connectivity index (χ4n) is 2.29. The predicted octanol–water partition coefficient (Wildman–Crippen LogP) is 4.68. The van der Waals surface area contributed by atoms with Gasteiger partial charge in [0.25, 0.3) is 0 Å². The molecule has 1 saturated carbocycles. The van der Waals surface area contributed by atoms with Gasteiger partial charge in [0, 0.05) is 10.8 Å². The summed E-state index contributed by atoms with van der Waals surface area (Å²) in [6.45, 7) is 11.3. The van der Waals surface area contributed by atoms with Gasteiger partial charge < -0.3 is 0 Å². The lowest BCUT2D eigenvalue weighted by Gasteiger charge is -2.02. The predicted molar refractivity (Wildman–Crippen MR) is 70.1 cm³/mol. The van der Waals surface area contributed by atoms with Gasteiger partial charge in [0.1, 0.15) is 0 Å². The molecule has 0 atom stereocenters. The summed E-state index contributed by atoms with van der Waals surface area (Å²) in [6, 6.07) is 10.5. The van der Waals surface area contributed by atoms with E-state index >= 15 is 0 Å². The van der Waals surface area contributed by atoms with Crippen molar-refractivity contribution in [3.8, 4) is 0 Å². The highest BCUT2D eigenvalue weighted by Gasteiger charge is 2.60. The van der Waals surface area contributed by atoms with Crippen LogP contribution in [0.1, 0.15) is 40.2 Å². The molecular weight excluding hydrogens is 192 g/mol. The van der Waals surface area contributed by atoms with Crippen molar-refractivity contribution in [3.05, 3.63) is 47.2 Å². The summed E-state index contributed by atoms with van der Waals surface area (Å²) in [5.74, 6) is 0. The van der Waals surface area contributed by atoms with Crippen LogP contribution in [0.3, 0.4) is 0 Å². The number of hydrogen-bond donors (Lipinski definition) is 0. The summed E-state index contributed by atoms with van der Waals surface area (Å²) in [6.07, 6.45) is 0. The maximum Gasteiger partial charge on any atom is 0.00316 e. The van der Waals surface area contributed by atoms with Crippen LogP contribution in [0.4, 0.5) is 0 Å². The van der Waals surface area contributed by atoms with Gasteiger partial charge in [-0.2, -0.15) is 0 Å². The molecule has 0 N–H and O–H groups in total. The Labute approximate surface area is 98.7 Å². The van der Waals surface area contributed by atoms with Crippen LogP contribution < -0.4 is 0 Å². The molecule has 0 heterocycles. The van der Waals surface area contributed by atoms with E-state index in [1.54, 1.807) is 0 Å². The first-order valence-electron chi connectivity index (χ1n) is 5.91. The first-order chi connectivity index (χ1) is 7.37. The Hall–Kier alpha value is -1.26. The molecule has 0 aromatic heterocycles. The van der Waals surface area contributed by atoms with E-state index in [9.17, 15) is 0 Å². The molecule has 16 heavy (non-hydrogen) atoms. The monoisotopic (exact) mass is 212 g/mol. The van der Waals surface area contributed by atoms with Crippen molar-refractivity contribution >= 4 is 5.57 Å². The van der Waals surface area contributed by atoms with Crippen LogP contribution in [0.2, 0.25) is 0 Å². The lowest BCUT2D eigenvalue weighted by atomic mass is 10.0. The summed E-state index contributed by atoms with van der Waals surface area (Å²) in [4.78, 5) is 0. The van der Waals surface area contributed by atoms with Gasteiger partial charge in [-0.3, -0.25) is 0 Å². The summed E-state index contributed by atoms with van der Waals surface area (Å²) in [7, 11) is 0. The van der Waals surface area contributed by atoms with Gasteiger partial charge in [-0.1, -0.05) is 58.0 Å². The fraction of sp³-hybridized carbons (Fsp3) is 0.438. The number of benzene rings is 1. The third kappa shape index (κ3) is 1.54. The van der Waals surface area contributed by atoms with Gasteiger partial charge in [-0.25, -0.2) is 0 Å². The molecule has 1 aliphatic carbocycles. The molecule has 1 aromatic carbocycles. The van der Waals surface area contributed by atoms with Gasteiger partial charge in [0.05, 0.1) is 0 Å². The van der Waals surface area contributed by atoms with Crippen LogP contribution in [-0.2, 0) is 0 Å². The van der Waals surface area contributed by atoms with Crippen LogP contribution in [0.5, 0.6) is 0 Å². The summed E-state index contributed by atoms with van der Waals surface area (Å²) < 4.78 is 0. The lowest BCUT2D eigenvalue weighted by molar-refractivity contribution is 0.457. The minimum atomic E-state index is 0.309. The molecule has 0 radical (unpaired) electrons. The molecule has 0 unspecified atom stereocenters. The SMILES string of the molecule is CC(=C=C1C(C)(C)C1(C)C)c1ccccc1. The van der Waals surface area contributed by atoms with Crippen molar-refractivity contribution in [1.82, 2.24) is 0 Å². The van der Waals surface area contributed by atoms with Crippen molar-refractivity contribution in [2.24, 2.45) is 10.8 Å². The smallest absolute Gasteiger partial charge is 0.00316 e. The highest BCUT2D eigenvalue weighted by atomic mass is 14.6. The van der Waals surface area contributed by atoms with Gasteiger partial charge in [0.2, 0.25) is 0 Å². The van der Waals surface area contributed by atoms with E-state index in [2.05, 4.69) is 70.7 Å². The number of hydrogen-bond acceptors (Lipinski definition) is 0. The first-order valence-corrected chi connectivity index (χ1v) is 5.91. The van der Waals surface area contributed by atoms with Crippen molar-refractivity contribution in [1.29, 1.82) is 0 Å². The molecule has 0 heteroatoms. The molecule has 1 fully saturated rings. The van der Waals surface area contributed by atoms with Crippen LogP contribution in [0.15, 0.2) is 41.6 Å². The first kappa shape index (κ1) is 11.2. The standard InChI is InChI=1S/C16H20/c1-12(13-9-7-6-8-10-13)11-14-15(2,3)16(14,4)5/h6-10H,1-5H3. The normalized spacial score (nSPS) is 20.2. The van der Waals surface area contributed by atoms with Gasteiger partial charge in [0.15, 0.2) is 0 Å². The largest absolute Gasteiger partial charge is 0.117 e. The quantitative estimate of drug-likeness (QED) is 0.593. The molecule has 1 aromatic rings. The molecule has 0 bridgehead atoms. The average Bonchev–Trinajstić information content (AvgIpc) is 2.62. The van der Waals surface area contributed by atoms with Crippen molar-refractivity contribution in [2.45, 2.75) is 34.6 Å². The molecule has 0 saturated heterocycles. The van der Waals surface area contributed by atoms with Crippen LogP contribution in [-0.4, -0.2) is 0 Å². The molecule has 0 amide bonds. The molecule has 0 spiro atoms. The Morgan fingerprint density at radius 3 is 1.88 bits per heavy atom. The lowest BCUT2D eigenvalue weighted by Crippen LogP contribution is -1.95. The van der Waals surface area contributed by atoms with Crippen LogP contribution in [0.25, 0.3) is 5.57 Å². The molecule has 84 valence electrons. The number of rotatable bonds is 1. The highest BCUT2D eigenvalue weighted by molar-refractivity contribution is 5.65. The Balaban J connectivity index is 2.45. The maximum atomic E-state index is 3.58. The van der Waals surface area contributed by atoms with E-state index in [1.807, 2.05) is 0 Å². The van der Waals surface area contributed by atoms with Crippen LogP contribution in [0, 0.1) is 10.8 Å². The second-order valence-corrected chi connectivity index (χ2v) is 5.74. The zero-order valence-corrected chi connectivity index (χ0v) is 10.9. The van der Waals surface area contributed by atoms with Crippen LogP contribution >= 0.6 is 0 Å². The van der Waals surface area contributed by atoms with E-state index in [4.69, 9.17) is 0 Å². The van der Waals surface area contributed by atoms with E-state index in [-0.39, 0.29) is 0 Å². The molecule has 0 aliphatic heterocycles. The van der Waals surface area contributed by atoms with E-state index in [0.29, 0.717) is 10.8 Å². The zero-order chi connectivity index (χ0) is 12.0. The highest BCUT2D eigenvalue weighted by Crippen LogP contribution is 2.67. The molecule has 0 nitrogen and oxygen atoms in total. The number of allylic oxidation sites excluding steroid dienone is 1. The summed E-state index contributed by atoms with van der Waals surface area (Å²) in [5, 5.41) is 0. The van der Waals surface area contributed by atoms with E-state index in [0.717, 1.165) is 0 Å². The molecule has 1 aliphatic rings. The average molecular weight is 212 g/mol. The Kier molecular flexibility index (Phi) is 2.36. The Morgan fingerprint density at radius 1 is 0.938 bits per heavy atom. The Morgan fingerprint density at radius 2 is 1.44 bits per heavy atom. The summed E-state index contributed by atoms with van der Waals surface area (Å²) >= 11 is 0. The van der Waals surface area contributed by atoms with Crippen molar-refractivity contribution in [3.63, 3.8) is 0 Å². The second kappa shape index (κ2) is 3.37. The van der Waals surface area contributed by atoms with Crippen molar-refractivity contribution in [2.75, 3.05) is 0 Å². The van der Waals surface area contributed by atoms with Gasteiger partial charge in [-0.05, 0) is 23.6 Å². The minimum absolute atomic E-state index is 0.309. The van der Waals surface area contributed by atoms with E-state index < -0.39 is 0 Å². The van der Waals surface area contributed by atoms with Gasteiger partial charge >= 0.3 is 0 Å². The topological polar surface area (TPSA) is 0 Å². The Bertz CT molecular complexity index is 450. The molecular formula is C16H20.